The van der Waals surface area contributed by atoms with Crippen LogP contribution >= 0.6 is 15.9 Å². The van der Waals surface area contributed by atoms with E-state index >= 15 is 0 Å². The van der Waals surface area contributed by atoms with Crippen LogP contribution in [0.2, 0.25) is 0 Å². The molecule has 0 aromatic rings. The second kappa shape index (κ2) is 2.96. The summed E-state index contributed by atoms with van der Waals surface area (Å²) in [7, 11) is 0. The lowest BCUT2D eigenvalue weighted by molar-refractivity contribution is -0.213. The van der Waals surface area contributed by atoms with E-state index in [0.29, 0.717) is 17.3 Å². The fourth-order valence-electron chi connectivity index (χ4n) is 0.696. The standard InChI is InChI=1S/C6H6BrNO2/c7-2-1-4-3-5(9)8-6(4)10/h3H,1-2H2,(H,8,9,10)/p-1. The van der Waals surface area contributed by atoms with Gasteiger partial charge in [0, 0.05) is 11.4 Å². The van der Waals surface area contributed by atoms with Crippen LogP contribution in [0.25, 0.3) is 0 Å². The number of amides is 1. The zero-order chi connectivity index (χ0) is 7.56. The molecular weight excluding hydrogens is 198 g/mol. The van der Waals surface area contributed by atoms with Crippen LogP contribution in [0, 0.1) is 0 Å². The van der Waals surface area contributed by atoms with Gasteiger partial charge in [-0.05, 0) is 17.9 Å². The highest BCUT2D eigenvalue weighted by Gasteiger charge is 2.07. The Balaban J connectivity index is 2.70. The van der Waals surface area contributed by atoms with Gasteiger partial charge in [-0.1, -0.05) is 15.9 Å². The zero-order valence-corrected chi connectivity index (χ0v) is 6.72. The number of carbonyl (C=O) groups excluding carboxylic acids is 1. The first kappa shape index (κ1) is 7.47. The molecule has 1 aliphatic rings. The third-order valence-corrected chi connectivity index (χ3v) is 1.54. The molecule has 4 heteroatoms. The summed E-state index contributed by atoms with van der Waals surface area (Å²) < 4.78 is 0. The van der Waals surface area contributed by atoms with Gasteiger partial charge in [0.05, 0.1) is 0 Å². The van der Waals surface area contributed by atoms with E-state index in [9.17, 15) is 9.90 Å². The molecule has 0 spiro atoms. The molecule has 1 aliphatic heterocycles. The monoisotopic (exact) mass is 202 g/mol. The van der Waals surface area contributed by atoms with E-state index in [1.165, 1.54) is 6.08 Å². The minimum absolute atomic E-state index is 0.385. The Morgan fingerprint density at radius 1 is 1.70 bits per heavy atom. The highest BCUT2D eigenvalue weighted by atomic mass is 79.9. The van der Waals surface area contributed by atoms with Crippen LogP contribution in [0.1, 0.15) is 6.42 Å². The van der Waals surface area contributed by atoms with Gasteiger partial charge in [0.15, 0.2) is 0 Å². The molecule has 0 unspecified atom stereocenters. The fourth-order valence-corrected chi connectivity index (χ4v) is 1.12. The summed E-state index contributed by atoms with van der Waals surface area (Å²) in [5.41, 5.74) is 0.502. The SMILES string of the molecule is O=C1C=C(CCBr)C([O-])=N1. The Morgan fingerprint density at radius 3 is 2.80 bits per heavy atom. The van der Waals surface area contributed by atoms with Crippen molar-refractivity contribution in [1.82, 2.24) is 0 Å². The molecule has 0 bridgehead atoms. The number of hydrogen-bond acceptors (Lipinski definition) is 2. The number of nitrogens with zero attached hydrogens (tertiary/aromatic N) is 1. The fraction of sp³-hybridized carbons (Fsp3) is 0.333. The lowest BCUT2D eigenvalue weighted by atomic mass is 10.2. The first-order chi connectivity index (χ1) is 4.74. The predicted octanol–water partition coefficient (Wildman–Crippen LogP) is -0.00320. The molecule has 0 aromatic heterocycles. The van der Waals surface area contributed by atoms with Gasteiger partial charge < -0.3 is 5.11 Å². The van der Waals surface area contributed by atoms with Gasteiger partial charge in [-0.15, -0.1) is 0 Å². The molecule has 1 heterocycles. The first-order valence-corrected chi connectivity index (χ1v) is 3.93. The van der Waals surface area contributed by atoms with Gasteiger partial charge in [-0.2, -0.15) is 0 Å². The normalized spacial score (nSPS) is 17.1. The van der Waals surface area contributed by atoms with Gasteiger partial charge in [0.25, 0.3) is 5.91 Å². The molecule has 10 heavy (non-hydrogen) atoms. The summed E-state index contributed by atoms with van der Waals surface area (Å²) in [6.45, 7) is 0. The molecule has 0 aromatic carbocycles. The minimum atomic E-state index is -0.430. The van der Waals surface area contributed by atoms with Crippen LogP contribution in [0.3, 0.4) is 0 Å². The quantitative estimate of drug-likeness (QED) is 0.593. The second-order valence-electron chi connectivity index (χ2n) is 1.86. The average molecular weight is 203 g/mol. The highest BCUT2D eigenvalue weighted by molar-refractivity contribution is 9.09. The summed E-state index contributed by atoms with van der Waals surface area (Å²) in [5, 5.41) is 11.4. The van der Waals surface area contributed by atoms with Crippen molar-refractivity contribution in [3.8, 4) is 0 Å². The summed E-state index contributed by atoms with van der Waals surface area (Å²) in [6, 6.07) is 0. The van der Waals surface area contributed by atoms with Crippen LogP contribution < -0.4 is 5.11 Å². The van der Waals surface area contributed by atoms with Crippen LogP contribution in [-0.4, -0.2) is 17.1 Å². The number of aliphatic imine (C=N–C) groups is 1. The van der Waals surface area contributed by atoms with Crippen molar-refractivity contribution in [1.29, 1.82) is 0 Å². The van der Waals surface area contributed by atoms with E-state index in [2.05, 4.69) is 20.9 Å². The third-order valence-electron chi connectivity index (χ3n) is 1.15. The molecule has 0 atom stereocenters. The number of halogens is 1. The van der Waals surface area contributed by atoms with Crippen molar-refractivity contribution >= 4 is 27.7 Å². The van der Waals surface area contributed by atoms with Crippen molar-refractivity contribution in [2.45, 2.75) is 6.42 Å². The van der Waals surface area contributed by atoms with Gasteiger partial charge in [-0.25, -0.2) is 4.99 Å². The number of alkyl halides is 1. The zero-order valence-electron chi connectivity index (χ0n) is 5.13. The van der Waals surface area contributed by atoms with Crippen molar-refractivity contribution in [2.75, 3.05) is 5.33 Å². The highest BCUT2D eigenvalue weighted by Crippen LogP contribution is 2.09. The number of carbonyl (C=O) groups is 1. The van der Waals surface area contributed by atoms with Crippen LogP contribution in [-0.2, 0) is 4.79 Å². The summed E-state index contributed by atoms with van der Waals surface area (Å²) in [5.74, 6) is -0.814. The Morgan fingerprint density at radius 2 is 2.40 bits per heavy atom. The summed E-state index contributed by atoms with van der Waals surface area (Å²) >= 11 is 3.16. The summed E-state index contributed by atoms with van der Waals surface area (Å²) in [6.07, 6.45) is 1.86. The van der Waals surface area contributed by atoms with Crippen LogP contribution in [0.15, 0.2) is 16.6 Å². The van der Waals surface area contributed by atoms with Gasteiger partial charge in [0.2, 0.25) is 0 Å². The van der Waals surface area contributed by atoms with Crippen molar-refractivity contribution in [2.24, 2.45) is 4.99 Å². The molecule has 1 amide bonds. The van der Waals surface area contributed by atoms with E-state index < -0.39 is 5.91 Å². The molecule has 0 N–H and O–H groups in total. The van der Waals surface area contributed by atoms with E-state index in [0.717, 1.165) is 0 Å². The van der Waals surface area contributed by atoms with E-state index in [-0.39, 0.29) is 5.90 Å². The topological polar surface area (TPSA) is 52.5 Å². The predicted molar refractivity (Wildman–Crippen MR) is 38.9 cm³/mol. The van der Waals surface area contributed by atoms with Gasteiger partial charge in [-0.3, -0.25) is 4.79 Å². The van der Waals surface area contributed by atoms with Crippen LogP contribution in [0.4, 0.5) is 0 Å². The van der Waals surface area contributed by atoms with Crippen molar-refractivity contribution in [3.63, 3.8) is 0 Å². The molecule has 0 radical (unpaired) electrons. The molecule has 0 saturated carbocycles. The Bertz CT molecular complexity index is 220. The molecule has 0 aliphatic carbocycles. The molecule has 0 fully saturated rings. The number of hydrogen-bond donors (Lipinski definition) is 0. The summed E-state index contributed by atoms with van der Waals surface area (Å²) in [4.78, 5) is 13.7. The van der Waals surface area contributed by atoms with E-state index in [1.54, 1.807) is 0 Å². The largest absolute Gasteiger partial charge is 0.858 e. The average Bonchev–Trinajstić information content (AvgIpc) is 2.13. The molecule has 1 rings (SSSR count). The van der Waals surface area contributed by atoms with Crippen molar-refractivity contribution < 1.29 is 9.90 Å². The first-order valence-electron chi connectivity index (χ1n) is 2.80. The number of rotatable bonds is 2. The maximum absolute atomic E-state index is 10.7. The third kappa shape index (κ3) is 1.44. The smallest absolute Gasteiger partial charge is 0.269 e. The van der Waals surface area contributed by atoms with Gasteiger partial charge in [0.1, 0.15) is 0 Å². The molecular formula is C6H5BrNO2-. The molecule has 3 nitrogen and oxygen atoms in total. The van der Waals surface area contributed by atoms with Gasteiger partial charge >= 0.3 is 0 Å². The lowest BCUT2D eigenvalue weighted by Gasteiger charge is -2.05. The Kier molecular flexibility index (Phi) is 2.21. The lowest BCUT2D eigenvalue weighted by Crippen LogP contribution is -2.17. The van der Waals surface area contributed by atoms with Crippen LogP contribution in [0.5, 0.6) is 0 Å². The second-order valence-corrected chi connectivity index (χ2v) is 2.66. The van der Waals surface area contributed by atoms with Crippen molar-refractivity contribution in [3.05, 3.63) is 11.6 Å². The minimum Gasteiger partial charge on any atom is -0.858 e. The molecule has 0 saturated heterocycles. The molecule has 54 valence electrons. The van der Waals surface area contributed by atoms with E-state index in [1.807, 2.05) is 0 Å². The maximum Gasteiger partial charge on any atom is 0.269 e. The Labute approximate surface area is 66.6 Å². The van der Waals surface area contributed by atoms with E-state index in [4.69, 9.17) is 0 Å². The Hall–Kier alpha value is -0.640. The maximum atomic E-state index is 10.7.